The number of rotatable bonds is 2. The monoisotopic (exact) mass is 284 g/mol. The minimum absolute atomic E-state index is 0.106. The highest BCUT2D eigenvalue weighted by Crippen LogP contribution is 2.21. The smallest absolute Gasteiger partial charge is 0.337 e. The van der Waals surface area contributed by atoms with Crippen molar-refractivity contribution >= 4 is 21.6 Å². The first-order valence-corrected chi connectivity index (χ1v) is 7.80. The molecule has 0 aromatic carbocycles. The number of sulfone groups is 1. The van der Waals surface area contributed by atoms with Gasteiger partial charge in [0.25, 0.3) is 0 Å². The summed E-state index contributed by atoms with van der Waals surface area (Å²) in [6.45, 7) is 3.86. The summed E-state index contributed by atoms with van der Waals surface area (Å²) in [7, 11) is -2.97. The van der Waals surface area contributed by atoms with Gasteiger partial charge in [-0.1, -0.05) is 0 Å². The molecule has 0 radical (unpaired) electrons. The van der Waals surface area contributed by atoms with E-state index in [1.807, 2.05) is 11.8 Å². The number of aromatic carboxylic acids is 1. The van der Waals surface area contributed by atoms with Crippen molar-refractivity contribution in [1.29, 1.82) is 0 Å². The van der Waals surface area contributed by atoms with E-state index in [9.17, 15) is 13.2 Å². The average molecular weight is 284 g/mol. The maximum Gasteiger partial charge on any atom is 0.337 e. The summed E-state index contributed by atoms with van der Waals surface area (Å²) in [5.41, 5.74) is 0.603. The second kappa shape index (κ2) is 4.80. The van der Waals surface area contributed by atoms with E-state index >= 15 is 0 Å². The Morgan fingerprint density at radius 3 is 2.68 bits per heavy atom. The number of pyridine rings is 1. The number of hydrogen-bond donors (Lipinski definition) is 1. The number of carbonyl (C=O) groups is 1. The molecule has 0 bridgehead atoms. The van der Waals surface area contributed by atoms with Crippen LogP contribution in [0, 0.1) is 6.92 Å². The van der Waals surface area contributed by atoms with E-state index in [0.29, 0.717) is 18.1 Å². The molecule has 0 aliphatic carbocycles. The van der Waals surface area contributed by atoms with Crippen LogP contribution in [0.5, 0.6) is 0 Å². The normalized spacial score (nSPS) is 22.2. The summed E-state index contributed by atoms with van der Waals surface area (Å²) in [5, 5.41) is 8.95. The summed E-state index contributed by atoms with van der Waals surface area (Å²) in [6, 6.07) is 2.99. The van der Waals surface area contributed by atoms with Crippen LogP contribution in [0.25, 0.3) is 0 Å². The minimum atomic E-state index is -2.97. The molecule has 19 heavy (non-hydrogen) atoms. The van der Waals surface area contributed by atoms with E-state index in [2.05, 4.69) is 4.98 Å². The molecule has 6 nitrogen and oxygen atoms in total. The zero-order chi connectivity index (χ0) is 14.2. The van der Waals surface area contributed by atoms with Crippen LogP contribution in [0.15, 0.2) is 12.1 Å². The van der Waals surface area contributed by atoms with Crippen LogP contribution >= 0.6 is 0 Å². The van der Waals surface area contributed by atoms with Crippen LogP contribution in [0.2, 0.25) is 0 Å². The zero-order valence-electron chi connectivity index (χ0n) is 10.8. The molecule has 1 unspecified atom stereocenters. The fraction of sp³-hybridized carbons (Fsp3) is 0.500. The minimum Gasteiger partial charge on any atom is -0.478 e. The van der Waals surface area contributed by atoms with Gasteiger partial charge in [0.1, 0.15) is 5.82 Å². The van der Waals surface area contributed by atoms with Gasteiger partial charge < -0.3 is 10.0 Å². The second-order valence-corrected chi connectivity index (χ2v) is 6.99. The molecule has 0 saturated carbocycles. The summed E-state index contributed by atoms with van der Waals surface area (Å²) in [6.07, 6.45) is 0. The number of carboxylic acid groups (broad SMARTS) is 1. The van der Waals surface area contributed by atoms with E-state index < -0.39 is 15.8 Å². The summed E-state index contributed by atoms with van der Waals surface area (Å²) in [5.74, 6) is -0.164. The zero-order valence-corrected chi connectivity index (χ0v) is 11.6. The van der Waals surface area contributed by atoms with E-state index in [1.54, 1.807) is 13.0 Å². The number of aromatic nitrogens is 1. The van der Waals surface area contributed by atoms with Crippen LogP contribution in [0.4, 0.5) is 5.82 Å². The Balaban J connectivity index is 2.28. The van der Waals surface area contributed by atoms with E-state index in [1.165, 1.54) is 6.07 Å². The first kappa shape index (κ1) is 13.8. The van der Waals surface area contributed by atoms with Crippen LogP contribution in [-0.2, 0) is 9.84 Å². The Morgan fingerprint density at radius 1 is 1.47 bits per heavy atom. The first-order chi connectivity index (χ1) is 8.80. The van der Waals surface area contributed by atoms with Crippen molar-refractivity contribution in [3.63, 3.8) is 0 Å². The quantitative estimate of drug-likeness (QED) is 0.860. The predicted octanol–water partition coefficient (Wildman–Crippen LogP) is 0.712. The van der Waals surface area contributed by atoms with Crippen molar-refractivity contribution < 1.29 is 18.3 Å². The van der Waals surface area contributed by atoms with Gasteiger partial charge in [-0.2, -0.15) is 0 Å². The number of carboxylic acids is 1. The summed E-state index contributed by atoms with van der Waals surface area (Å²) in [4.78, 5) is 17.1. The van der Waals surface area contributed by atoms with Crippen molar-refractivity contribution in [1.82, 2.24) is 4.98 Å². The first-order valence-electron chi connectivity index (χ1n) is 5.98. The molecule has 0 amide bonds. The largest absolute Gasteiger partial charge is 0.478 e. The van der Waals surface area contributed by atoms with Gasteiger partial charge in [-0.25, -0.2) is 18.2 Å². The van der Waals surface area contributed by atoms with Gasteiger partial charge in [-0.3, -0.25) is 0 Å². The van der Waals surface area contributed by atoms with Crippen LogP contribution in [0.3, 0.4) is 0 Å². The molecule has 1 aromatic heterocycles. The van der Waals surface area contributed by atoms with Crippen molar-refractivity contribution in [3.05, 3.63) is 23.4 Å². The molecule has 1 fully saturated rings. The molecule has 1 atom stereocenters. The molecule has 2 rings (SSSR count). The maximum absolute atomic E-state index is 11.5. The second-order valence-electron chi connectivity index (χ2n) is 4.76. The molecule has 1 aromatic rings. The van der Waals surface area contributed by atoms with Crippen molar-refractivity contribution in [2.24, 2.45) is 0 Å². The number of nitrogens with zero attached hydrogens (tertiary/aromatic N) is 2. The molecule has 7 heteroatoms. The molecule has 1 saturated heterocycles. The molecule has 1 aliphatic rings. The standard InChI is InChI=1S/C12H16N2O4S/c1-8-7-19(17,18)6-5-14(8)11-4-3-10(12(15)16)9(2)13-11/h3-4,8H,5-7H2,1-2H3,(H,15,16). The Kier molecular flexibility index (Phi) is 3.49. The fourth-order valence-corrected chi connectivity index (χ4v) is 3.83. The lowest BCUT2D eigenvalue weighted by Gasteiger charge is -2.34. The topological polar surface area (TPSA) is 87.6 Å². The van der Waals surface area contributed by atoms with E-state index in [4.69, 9.17) is 5.11 Å². The number of hydrogen-bond acceptors (Lipinski definition) is 5. The van der Waals surface area contributed by atoms with Crippen LogP contribution in [-0.4, -0.2) is 48.6 Å². The van der Waals surface area contributed by atoms with E-state index in [0.717, 1.165) is 0 Å². The predicted molar refractivity (Wildman–Crippen MR) is 71.4 cm³/mol. The Labute approximate surface area is 112 Å². The summed E-state index contributed by atoms with van der Waals surface area (Å²) >= 11 is 0. The third-order valence-corrected chi connectivity index (χ3v) is 5.06. The Hall–Kier alpha value is -1.63. The maximum atomic E-state index is 11.5. The Bertz CT molecular complexity index is 612. The number of anilines is 1. The third kappa shape index (κ3) is 2.86. The van der Waals surface area contributed by atoms with Gasteiger partial charge in [0.05, 0.1) is 22.8 Å². The van der Waals surface area contributed by atoms with Gasteiger partial charge in [0, 0.05) is 12.6 Å². The highest BCUT2D eigenvalue weighted by Gasteiger charge is 2.29. The highest BCUT2D eigenvalue weighted by molar-refractivity contribution is 7.91. The number of aryl methyl sites for hydroxylation is 1. The fourth-order valence-electron chi connectivity index (χ4n) is 2.27. The van der Waals surface area contributed by atoms with E-state index in [-0.39, 0.29) is 23.1 Å². The molecule has 0 spiro atoms. The van der Waals surface area contributed by atoms with Crippen LogP contribution < -0.4 is 4.90 Å². The average Bonchev–Trinajstić information content (AvgIpc) is 2.26. The Morgan fingerprint density at radius 2 is 2.16 bits per heavy atom. The highest BCUT2D eigenvalue weighted by atomic mass is 32.2. The van der Waals surface area contributed by atoms with Gasteiger partial charge in [0.2, 0.25) is 0 Å². The molecular formula is C12H16N2O4S. The molecule has 1 N–H and O–H groups in total. The molecule has 104 valence electrons. The lowest BCUT2D eigenvalue weighted by atomic mass is 10.2. The van der Waals surface area contributed by atoms with Gasteiger partial charge in [0.15, 0.2) is 9.84 Å². The van der Waals surface area contributed by atoms with Crippen molar-refractivity contribution in [2.45, 2.75) is 19.9 Å². The lowest BCUT2D eigenvalue weighted by molar-refractivity contribution is 0.0695. The van der Waals surface area contributed by atoms with Crippen LogP contribution in [0.1, 0.15) is 23.0 Å². The lowest BCUT2D eigenvalue weighted by Crippen LogP contribution is -2.47. The molecule has 2 heterocycles. The summed E-state index contributed by atoms with van der Waals surface area (Å²) < 4.78 is 23.0. The SMILES string of the molecule is Cc1nc(N2CCS(=O)(=O)CC2C)ccc1C(=O)O. The van der Waals surface area contributed by atoms with Gasteiger partial charge in [-0.05, 0) is 26.0 Å². The van der Waals surface area contributed by atoms with Crippen molar-refractivity contribution in [2.75, 3.05) is 23.0 Å². The third-order valence-electron chi connectivity index (χ3n) is 3.27. The van der Waals surface area contributed by atoms with Crippen molar-refractivity contribution in [3.8, 4) is 0 Å². The van der Waals surface area contributed by atoms with Gasteiger partial charge >= 0.3 is 5.97 Å². The van der Waals surface area contributed by atoms with Gasteiger partial charge in [-0.15, -0.1) is 0 Å². The molecular weight excluding hydrogens is 268 g/mol. The molecule has 1 aliphatic heterocycles.